The summed E-state index contributed by atoms with van der Waals surface area (Å²) in [5.74, 6) is -0.417. The fraction of sp³-hybridized carbons (Fsp3) is 0.429. The van der Waals surface area contributed by atoms with Crippen LogP contribution in [0.1, 0.15) is 42.6 Å². The van der Waals surface area contributed by atoms with Gasteiger partial charge in [-0.05, 0) is 55.5 Å². The summed E-state index contributed by atoms with van der Waals surface area (Å²) in [5, 5.41) is 2.82. The third-order valence-corrected chi connectivity index (χ3v) is 5.72. The van der Waals surface area contributed by atoms with E-state index in [-0.39, 0.29) is 23.3 Å². The van der Waals surface area contributed by atoms with Crippen LogP contribution in [0.5, 0.6) is 0 Å². The molecule has 2 amide bonds. The molecule has 142 valence electrons. The molecule has 27 heavy (non-hydrogen) atoms. The van der Waals surface area contributed by atoms with Gasteiger partial charge in [0.15, 0.2) is 0 Å². The quantitative estimate of drug-likeness (QED) is 0.893. The molecule has 1 aliphatic heterocycles. The van der Waals surface area contributed by atoms with E-state index < -0.39 is 5.82 Å². The van der Waals surface area contributed by atoms with Crippen molar-refractivity contribution < 1.29 is 14.0 Å². The standard InChI is InChI=1S/C21H24FN3O2/c1-14-12-17(14)20(26)23-19-5-4-15(22)13-18(19)21(27)25-10-6-16(7-11-25)24-8-2-3-9-24/h2-5,8-9,13-14,16-17H,6-7,10-12H2,1H3,(H,23,26)/t14-,17+/m1/s1. The molecular formula is C21H24FN3O2. The zero-order valence-electron chi connectivity index (χ0n) is 15.4. The monoisotopic (exact) mass is 369 g/mol. The Morgan fingerprint density at radius 2 is 1.81 bits per heavy atom. The molecule has 5 nitrogen and oxygen atoms in total. The van der Waals surface area contributed by atoms with Crippen molar-refractivity contribution in [1.82, 2.24) is 9.47 Å². The molecule has 2 fully saturated rings. The molecular weight excluding hydrogens is 345 g/mol. The predicted molar refractivity (Wildman–Crippen MR) is 101 cm³/mol. The topological polar surface area (TPSA) is 54.3 Å². The molecule has 4 rings (SSSR count). The van der Waals surface area contributed by atoms with Crippen LogP contribution in [0.3, 0.4) is 0 Å². The lowest BCUT2D eigenvalue weighted by molar-refractivity contribution is -0.117. The van der Waals surface area contributed by atoms with Crippen molar-refractivity contribution in [3.63, 3.8) is 0 Å². The molecule has 2 aromatic rings. The number of rotatable bonds is 4. The first-order valence-corrected chi connectivity index (χ1v) is 9.55. The van der Waals surface area contributed by atoms with E-state index in [1.807, 2.05) is 31.5 Å². The highest BCUT2D eigenvalue weighted by atomic mass is 19.1. The summed E-state index contributed by atoms with van der Waals surface area (Å²) in [4.78, 5) is 27.0. The van der Waals surface area contributed by atoms with Crippen LogP contribution < -0.4 is 5.32 Å². The summed E-state index contributed by atoms with van der Waals surface area (Å²) in [6.07, 6.45) is 6.67. The molecule has 2 heterocycles. The van der Waals surface area contributed by atoms with Gasteiger partial charge < -0.3 is 14.8 Å². The third kappa shape index (κ3) is 3.75. The number of nitrogens with zero attached hydrogens (tertiary/aromatic N) is 2. The Labute approximate surface area is 158 Å². The van der Waals surface area contributed by atoms with Gasteiger partial charge in [0.1, 0.15) is 5.82 Å². The number of benzene rings is 1. The van der Waals surface area contributed by atoms with Crippen molar-refractivity contribution in [2.45, 2.75) is 32.2 Å². The number of halogens is 1. The molecule has 1 aliphatic carbocycles. The number of aromatic nitrogens is 1. The molecule has 0 spiro atoms. The average molecular weight is 369 g/mol. The van der Waals surface area contributed by atoms with Gasteiger partial charge in [0.25, 0.3) is 5.91 Å². The highest BCUT2D eigenvalue weighted by Crippen LogP contribution is 2.38. The van der Waals surface area contributed by atoms with Crippen molar-refractivity contribution in [3.05, 3.63) is 54.1 Å². The zero-order chi connectivity index (χ0) is 19.0. The Bertz CT molecular complexity index is 841. The minimum absolute atomic E-state index is 0.00433. The van der Waals surface area contributed by atoms with Crippen molar-refractivity contribution in [2.75, 3.05) is 18.4 Å². The molecule has 2 atom stereocenters. The maximum atomic E-state index is 13.8. The Morgan fingerprint density at radius 1 is 1.15 bits per heavy atom. The van der Waals surface area contributed by atoms with Gasteiger partial charge in [-0.2, -0.15) is 0 Å². The van der Waals surface area contributed by atoms with Crippen molar-refractivity contribution in [2.24, 2.45) is 11.8 Å². The van der Waals surface area contributed by atoms with Gasteiger partial charge in [0, 0.05) is 37.4 Å². The summed E-state index contributed by atoms with van der Waals surface area (Å²) in [7, 11) is 0. The molecule has 0 radical (unpaired) electrons. The Kier molecular flexibility index (Phi) is 4.72. The number of amides is 2. The van der Waals surface area contributed by atoms with E-state index in [1.54, 1.807) is 4.90 Å². The van der Waals surface area contributed by atoms with E-state index in [1.165, 1.54) is 18.2 Å². The molecule has 1 aromatic carbocycles. The largest absolute Gasteiger partial charge is 0.351 e. The van der Waals surface area contributed by atoms with Gasteiger partial charge in [0.2, 0.25) is 5.91 Å². The molecule has 0 bridgehead atoms. The molecule has 1 saturated heterocycles. The Balaban J connectivity index is 1.46. The molecule has 0 unspecified atom stereocenters. The van der Waals surface area contributed by atoms with E-state index in [0.717, 1.165) is 19.3 Å². The van der Waals surface area contributed by atoms with E-state index >= 15 is 0 Å². The van der Waals surface area contributed by atoms with Gasteiger partial charge >= 0.3 is 0 Å². The number of carbonyl (C=O) groups excluding carboxylic acids is 2. The van der Waals surface area contributed by atoms with Crippen LogP contribution in [-0.2, 0) is 4.79 Å². The minimum atomic E-state index is -0.474. The van der Waals surface area contributed by atoms with Crippen molar-refractivity contribution >= 4 is 17.5 Å². The number of carbonyl (C=O) groups is 2. The van der Waals surface area contributed by atoms with Crippen molar-refractivity contribution in [1.29, 1.82) is 0 Å². The summed E-state index contributed by atoms with van der Waals surface area (Å²) >= 11 is 0. The molecule has 2 aliphatic rings. The van der Waals surface area contributed by atoms with Crippen LogP contribution >= 0.6 is 0 Å². The van der Waals surface area contributed by atoms with Gasteiger partial charge in [-0.25, -0.2) is 4.39 Å². The molecule has 1 N–H and O–H groups in total. The fourth-order valence-corrected chi connectivity index (χ4v) is 3.84. The molecule has 1 saturated carbocycles. The maximum Gasteiger partial charge on any atom is 0.256 e. The van der Waals surface area contributed by atoms with Crippen LogP contribution in [0.4, 0.5) is 10.1 Å². The lowest BCUT2D eigenvalue weighted by Gasteiger charge is -2.33. The summed E-state index contributed by atoms with van der Waals surface area (Å²) in [6, 6.07) is 8.37. The van der Waals surface area contributed by atoms with Crippen LogP contribution in [0.15, 0.2) is 42.7 Å². The normalized spacial score (nSPS) is 22.5. The number of piperidine rings is 1. The second kappa shape index (κ2) is 7.18. The Morgan fingerprint density at radius 3 is 2.44 bits per heavy atom. The first-order chi connectivity index (χ1) is 13.0. The van der Waals surface area contributed by atoms with E-state index in [4.69, 9.17) is 0 Å². The lowest BCUT2D eigenvalue weighted by atomic mass is 10.0. The third-order valence-electron chi connectivity index (χ3n) is 5.72. The van der Waals surface area contributed by atoms with Crippen LogP contribution in [0, 0.1) is 17.7 Å². The van der Waals surface area contributed by atoms with Crippen LogP contribution in [-0.4, -0.2) is 34.4 Å². The second-order valence-corrected chi connectivity index (χ2v) is 7.65. The first kappa shape index (κ1) is 17.8. The Hall–Kier alpha value is -2.63. The van der Waals surface area contributed by atoms with Gasteiger partial charge in [0.05, 0.1) is 11.3 Å². The minimum Gasteiger partial charge on any atom is -0.351 e. The van der Waals surface area contributed by atoms with Crippen molar-refractivity contribution in [3.8, 4) is 0 Å². The van der Waals surface area contributed by atoms with Gasteiger partial charge in [-0.3, -0.25) is 9.59 Å². The zero-order valence-corrected chi connectivity index (χ0v) is 15.4. The molecule has 1 aromatic heterocycles. The molecule has 6 heteroatoms. The SMILES string of the molecule is C[C@@H]1C[C@@H]1C(=O)Nc1ccc(F)cc1C(=O)N1CCC(n2cccc2)CC1. The van der Waals surface area contributed by atoms with E-state index in [2.05, 4.69) is 9.88 Å². The number of nitrogens with one attached hydrogen (secondary N) is 1. The van der Waals surface area contributed by atoms with Crippen LogP contribution in [0.2, 0.25) is 0 Å². The summed E-state index contributed by atoms with van der Waals surface area (Å²) in [6.45, 7) is 3.26. The number of anilines is 1. The van der Waals surface area contributed by atoms with E-state index in [9.17, 15) is 14.0 Å². The number of hydrogen-bond acceptors (Lipinski definition) is 2. The highest BCUT2D eigenvalue weighted by Gasteiger charge is 2.39. The number of hydrogen-bond donors (Lipinski definition) is 1. The highest BCUT2D eigenvalue weighted by molar-refractivity contribution is 6.04. The first-order valence-electron chi connectivity index (χ1n) is 9.55. The van der Waals surface area contributed by atoms with Gasteiger partial charge in [-0.15, -0.1) is 0 Å². The fourth-order valence-electron chi connectivity index (χ4n) is 3.84. The maximum absolute atomic E-state index is 13.8. The van der Waals surface area contributed by atoms with Gasteiger partial charge in [-0.1, -0.05) is 6.92 Å². The van der Waals surface area contributed by atoms with Crippen LogP contribution in [0.25, 0.3) is 0 Å². The lowest BCUT2D eigenvalue weighted by Crippen LogP contribution is -2.39. The smallest absolute Gasteiger partial charge is 0.256 e. The second-order valence-electron chi connectivity index (χ2n) is 7.65. The summed E-state index contributed by atoms with van der Waals surface area (Å²) < 4.78 is 16.0. The number of likely N-dealkylation sites (tertiary alicyclic amines) is 1. The van der Waals surface area contributed by atoms with E-state index in [0.29, 0.717) is 30.7 Å². The average Bonchev–Trinajstić information content (AvgIpc) is 3.18. The summed E-state index contributed by atoms with van der Waals surface area (Å²) in [5.41, 5.74) is 0.633. The predicted octanol–water partition coefficient (Wildman–Crippen LogP) is 3.70.